The van der Waals surface area contributed by atoms with Gasteiger partial charge in [-0.05, 0) is 19.1 Å². The number of nitrogens with zero attached hydrogens (tertiary/aromatic N) is 3. The summed E-state index contributed by atoms with van der Waals surface area (Å²) in [5.41, 5.74) is 3.08. The third-order valence-electron chi connectivity index (χ3n) is 4.39. The number of aromatic nitrogens is 3. The van der Waals surface area contributed by atoms with Gasteiger partial charge < -0.3 is 13.7 Å². The van der Waals surface area contributed by atoms with Crippen LogP contribution in [0.4, 0.5) is 5.88 Å². The Morgan fingerprint density at radius 3 is 2.56 bits per heavy atom. The van der Waals surface area contributed by atoms with Crippen molar-refractivity contribution in [3.63, 3.8) is 0 Å². The maximum atomic E-state index is 12.0. The fourth-order valence-electron chi connectivity index (χ4n) is 2.79. The van der Waals surface area contributed by atoms with Crippen LogP contribution in [0.5, 0.6) is 0 Å². The molecule has 162 valence electrons. The number of rotatable bonds is 7. The number of hydrogen-bond donors (Lipinski definition) is 1. The molecular formula is C22H18N4O6. The van der Waals surface area contributed by atoms with Crippen molar-refractivity contribution in [3.8, 4) is 22.7 Å². The van der Waals surface area contributed by atoms with Crippen molar-refractivity contribution in [3.05, 3.63) is 76.8 Å². The van der Waals surface area contributed by atoms with E-state index in [0.29, 0.717) is 11.3 Å². The van der Waals surface area contributed by atoms with E-state index in [4.69, 9.17) is 13.7 Å². The lowest BCUT2D eigenvalue weighted by Gasteiger charge is -2.03. The largest absolute Gasteiger partial charge is 0.454 e. The molecule has 2 aromatic heterocycles. The van der Waals surface area contributed by atoms with Crippen LogP contribution in [-0.4, -0.2) is 33.4 Å². The number of hydrogen-bond acceptors (Lipinski definition) is 8. The molecule has 2 heterocycles. The zero-order chi connectivity index (χ0) is 22.5. The summed E-state index contributed by atoms with van der Waals surface area (Å²) in [7, 11) is 0. The fourth-order valence-corrected chi connectivity index (χ4v) is 2.79. The van der Waals surface area contributed by atoms with Crippen molar-refractivity contribution in [1.29, 1.82) is 0 Å². The lowest BCUT2D eigenvalue weighted by Crippen LogP contribution is -2.26. The van der Waals surface area contributed by atoms with Crippen LogP contribution in [0.25, 0.3) is 22.7 Å². The Labute approximate surface area is 181 Å². The van der Waals surface area contributed by atoms with Gasteiger partial charge in [-0.1, -0.05) is 53.2 Å². The first-order valence-electron chi connectivity index (χ1n) is 9.60. The molecule has 10 heteroatoms. The van der Waals surface area contributed by atoms with Crippen LogP contribution in [0.3, 0.4) is 0 Å². The highest BCUT2D eigenvalue weighted by Crippen LogP contribution is 2.22. The van der Waals surface area contributed by atoms with Gasteiger partial charge >= 0.3 is 11.7 Å². The first-order valence-corrected chi connectivity index (χ1v) is 9.60. The topological polar surface area (TPSA) is 129 Å². The summed E-state index contributed by atoms with van der Waals surface area (Å²) in [5, 5.41) is 10.3. The molecule has 1 amide bonds. The normalized spacial score (nSPS) is 10.7. The highest BCUT2D eigenvalue weighted by molar-refractivity contribution is 5.92. The van der Waals surface area contributed by atoms with E-state index in [9.17, 15) is 14.4 Å². The number of carbonyl (C=O) groups excluding carboxylic acids is 2. The van der Waals surface area contributed by atoms with Crippen molar-refractivity contribution in [2.24, 2.45) is 0 Å². The zero-order valence-electron chi connectivity index (χ0n) is 17.0. The van der Waals surface area contributed by atoms with Crippen molar-refractivity contribution < 1.29 is 23.3 Å². The molecule has 0 saturated heterocycles. The van der Waals surface area contributed by atoms with Gasteiger partial charge in [-0.15, -0.1) is 5.10 Å². The lowest BCUT2D eigenvalue weighted by molar-refractivity contribution is -0.148. The lowest BCUT2D eigenvalue weighted by atomic mass is 10.1. The Morgan fingerprint density at radius 2 is 1.81 bits per heavy atom. The quantitative estimate of drug-likeness (QED) is 0.440. The molecule has 4 aromatic rings. The predicted molar refractivity (Wildman–Crippen MR) is 112 cm³/mol. The number of nitrogens with one attached hydrogen (secondary N) is 1. The third kappa shape index (κ3) is 4.98. The van der Waals surface area contributed by atoms with Crippen LogP contribution in [-0.2, 0) is 20.9 Å². The van der Waals surface area contributed by atoms with Crippen LogP contribution in [0.1, 0.15) is 5.56 Å². The molecule has 1 N–H and O–H groups in total. The van der Waals surface area contributed by atoms with Gasteiger partial charge in [0, 0.05) is 17.2 Å². The van der Waals surface area contributed by atoms with Gasteiger partial charge in [-0.25, -0.2) is 4.79 Å². The number of carbonyl (C=O) groups is 2. The van der Waals surface area contributed by atoms with Gasteiger partial charge in [0.2, 0.25) is 11.8 Å². The molecular weight excluding hydrogens is 416 g/mol. The van der Waals surface area contributed by atoms with Crippen molar-refractivity contribution in [2.45, 2.75) is 13.5 Å². The fraction of sp³-hybridized carbons (Fsp3) is 0.136. The first-order chi connectivity index (χ1) is 15.5. The summed E-state index contributed by atoms with van der Waals surface area (Å²) in [4.78, 5) is 35.9. The number of aryl methyl sites for hydroxylation is 1. The van der Waals surface area contributed by atoms with E-state index >= 15 is 0 Å². The van der Waals surface area contributed by atoms with E-state index < -0.39 is 30.8 Å². The van der Waals surface area contributed by atoms with Gasteiger partial charge in [-0.3, -0.25) is 14.9 Å². The van der Waals surface area contributed by atoms with E-state index in [-0.39, 0.29) is 11.8 Å². The van der Waals surface area contributed by atoms with E-state index in [2.05, 4.69) is 15.6 Å². The maximum absolute atomic E-state index is 12.0. The average Bonchev–Trinajstić information content (AvgIpc) is 3.40. The second-order valence-corrected chi connectivity index (χ2v) is 6.85. The summed E-state index contributed by atoms with van der Waals surface area (Å²) >= 11 is 0. The number of amides is 1. The van der Waals surface area contributed by atoms with Gasteiger partial charge in [-0.2, -0.15) is 4.68 Å². The molecule has 0 unspecified atom stereocenters. The minimum atomic E-state index is -0.826. The molecule has 0 bridgehead atoms. The van der Waals surface area contributed by atoms with Crippen LogP contribution in [0.15, 0.2) is 74.4 Å². The minimum Gasteiger partial charge on any atom is -0.454 e. The SMILES string of the molecule is Cc1ccc(-c2cc(NC(=O)COC(=O)Cn3nc(-c4ccccc4)oc3=O)on2)cc1. The summed E-state index contributed by atoms with van der Waals surface area (Å²) in [6.07, 6.45) is 0. The van der Waals surface area contributed by atoms with Gasteiger partial charge in [0.25, 0.3) is 5.91 Å². The highest BCUT2D eigenvalue weighted by atomic mass is 16.5. The molecule has 2 aromatic carbocycles. The van der Waals surface area contributed by atoms with Crippen LogP contribution >= 0.6 is 0 Å². The van der Waals surface area contributed by atoms with E-state index in [1.54, 1.807) is 30.3 Å². The van der Waals surface area contributed by atoms with Gasteiger partial charge in [0.1, 0.15) is 12.2 Å². The van der Waals surface area contributed by atoms with Crippen LogP contribution in [0, 0.1) is 6.92 Å². The van der Waals surface area contributed by atoms with Crippen molar-refractivity contribution >= 4 is 17.8 Å². The summed E-state index contributed by atoms with van der Waals surface area (Å²) in [6.45, 7) is 0.903. The van der Waals surface area contributed by atoms with E-state index in [0.717, 1.165) is 15.8 Å². The summed E-state index contributed by atoms with van der Waals surface area (Å²) in [5.74, 6) is -2.07. The minimum absolute atomic E-state index is 0.0795. The number of ether oxygens (including phenoxy) is 1. The molecule has 0 radical (unpaired) electrons. The van der Waals surface area contributed by atoms with Gasteiger partial charge in [0.15, 0.2) is 6.61 Å². The van der Waals surface area contributed by atoms with E-state index in [1.165, 1.54) is 0 Å². The van der Waals surface area contributed by atoms with Crippen LogP contribution < -0.4 is 11.1 Å². The number of esters is 1. The van der Waals surface area contributed by atoms with Gasteiger partial charge in [0.05, 0.1) is 0 Å². The Morgan fingerprint density at radius 1 is 1.06 bits per heavy atom. The Balaban J connectivity index is 1.29. The molecule has 10 nitrogen and oxygen atoms in total. The number of benzene rings is 2. The molecule has 0 atom stereocenters. The second kappa shape index (κ2) is 9.13. The molecule has 0 saturated carbocycles. The predicted octanol–water partition coefficient (Wildman–Crippen LogP) is 2.65. The standard InChI is InChI=1S/C22H18N4O6/c1-14-7-9-15(10-8-14)17-11-19(32-25-17)23-18(27)13-30-20(28)12-26-22(29)31-21(24-26)16-5-3-2-4-6-16/h2-11H,12-13H2,1H3,(H,23,27). The molecule has 0 spiro atoms. The van der Waals surface area contributed by atoms with Crippen molar-refractivity contribution in [2.75, 3.05) is 11.9 Å². The molecule has 0 aliphatic carbocycles. The highest BCUT2D eigenvalue weighted by Gasteiger charge is 2.16. The number of anilines is 1. The molecule has 0 aliphatic rings. The first kappa shape index (κ1) is 20.8. The van der Waals surface area contributed by atoms with Crippen LogP contribution in [0.2, 0.25) is 0 Å². The van der Waals surface area contributed by atoms with E-state index in [1.807, 2.05) is 37.3 Å². The average molecular weight is 434 g/mol. The monoisotopic (exact) mass is 434 g/mol. The second-order valence-electron chi connectivity index (χ2n) is 6.85. The third-order valence-corrected chi connectivity index (χ3v) is 4.39. The Bertz CT molecular complexity index is 1290. The molecule has 32 heavy (non-hydrogen) atoms. The summed E-state index contributed by atoms with van der Waals surface area (Å²) < 4.78 is 15.9. The Kier molecular flexibility index (Phi) is 5.93. The molecule has 4 rings (SSSR count). The molecule has 0 aliphatic heterocycles. The maximum Gasteiger partial charge on any atom is 0.437 e. The zero-order valence-corrected chi connectivity index (χ0v) is 17.0. The Hall–Kier alpha value is -4.47. The smallest absolute Gasteiger partial charge is 0.437 e. The van der Waals surface area contributed by atoms with Crippen molar-refractivity contribution in [1.82, 2.24) is 14.9 Å². The molecule has 0 fully saturated rings. The summed E-state index contributed by atoms with van der Waals surface area (Å²) in [6, 6.07) is 18.0.